The summed E-state index contributed by atoms with van der Waals surface area (Å²) in [6.45, 7) is 1.52. The van der Waals surface area contributed by atoms with Gasteiger partial charge in [0.2, 0.25) is 0 Å². The van der Waals surface area contributed by atoms with Crippen molar-refractivity contribution >= 4 is 5.97 Å². The monoisotopic (exact) mass is 470 g/mol. The van der Waals surface area contributed by atoms with Gasteiger partial charge in [-0.1, -0.05) is 12.1 Å². The van der Waals surface area contributed by atoms with Crippen LogP contribution in [0.5, 0.6) is 23.0 Å². The Hall–Kier alpha value is -3.44. The number of carbonyl (C=O) groups is 1. The minimum atomic E-state index is -1.43. The van der Waals surface area contributed by atoms with E-state index in [-0.39, 0.29) is 0 Å². The van der Waals surface area contributed by atoms with E-state index in [9.17, 15) is 10.1 Å². The summed E-state index contributed by atoms with van der Waals surface area (Å²) in [5.74, 6) is 1.79. The number of rotatable bonds is 13. The van der Waals surface area contributed by atoms with Crippen LogP contribution in [-0.2, 0) is 21.4 Å². The van der Waals surface area contributed by atoms with Gasteiger partial charge in [0.1, 0.15) is 0 Å². The molecule has 34 heavy (non-hydrogen) atoms. The van der Waals surface area contributed by atoms with Gasteiger partial charge in [-0.25, -0.2) is 4.79 Å². The molecule has 2 rings (SSSR count). The minimum absolute atomic E-state index is 0.312. The van der Waals surface area contributed by atoms with Crippen LogP contribution in [0.2, 0.25) is 0 Å². The van der Waals surface area contributed by atoms with E-state index in [1.807, 2.05) is 25.2 Å². The number of nitrogens with zero attached hydrogens (tertiary/aromatic N) is 2. The second-order valence-corrected chi connectivity index (χ2v) is 7.92. The number of hydrogen-bond acceptors (Lipinski definition) is 8. The van der Waals surface area contributed by atoms with Crippen molar-refractivity contribution in [3.8, 4) is 29.1 Å². The Balaban J connectivity index is 2.07. The highest BCUT2D eigenvalue weighted by Gasteiger charge is 2.42. The van der Waals surface area contributed by atoms with Gasteiger partial charge in [-0.3, -0.25) is 0 Å². The summed E-state index contributed by atoms with van der Waals surface area (Å²) in [7, 11) is 9.60. The first-order chi connectivity index (χ1) is 16.4. The summed E-state index contributed by atoms with van der Waals surface area (Å²) in [5.41, 5.74) is 0.224. The molecule has 0 saturated carbocycles. The van der Waals surface area contributed by atoms with Gasteiger partial charge in [-0.05, 0) is 68.2 Å². The molecule has 0 bridgehead atoms. The predicted octanol–water partition coefficient (Wildman–Crippen LogP) is 3.61. The molecule has 0 radical (unpaired) electrons. The molecule has 2 aromatic carbocycles. The number of benzene rings is 2. The van der Waals surface area contributed by atoms with E-state index in [2.05, 4.69) is 11.0 Å². The molecule has 0 heterocycles. The topological polar surface area (TPSA) is 90.3 Å². The van der Waals surface area contributed by atoms with Crippen molar-refractivity contribution < 1.29 is 28.5 Å². The maximum atomic E-state index is 12.8. The number of esters is 1. The third kappa shape index (κ3) is 6.12. The lowest BCUT2D eigenvalue weighted by atomic mass is 9.77. The summed E-state index contributed by atoms with van der Waals surface area (Å²) >= 11 is 0. The summed E-state index contributed by atoms with van der Waals surface area (Å²) in [6.07, 6.45) is 1.76. The molecule has 8 nitrogen and oxygen atoms in total. The molecule has 0 N–H and O–H groups in total. The summed E-state index contributed by atoms with van der Waals surface area (Å²) in [5, 5.41) is 10.1. The smallest absolute Gasteiger partial charge is 0.330 e. The van der Waals surface area contributed by atoms with Gasteiger partial charge in [-0.2, -0.15) is 5.26 Å². The number of methoxy groups -OCH3 is 5. The molecule has 0 aliphatic carbocycles. The van der Waals surface area contributed by atoms with Crippen LogP contribution in [0.1, 0.15) is 24.0 Å². The number of likely N-dealkylation sites (N-methyl/N-ethyl adjacent to an activating group) is 1. The van der Waals surface area contributed by atoms with Gasteiger partial charge in [0, 0.05) is 6.54 Å². The van der Waals surface area contributed by atoms with Crippen molar-refractivity contribution in [1.82, 2.24) is 4.90 Å². The highest BCUT2D eigenvalue weighted by molar-refractivity contribution is 5.87. The largest absolute Gasteiger partial charge is 0.493 e. The molecule has 0 fully saturated rings. The molecule has 0 aliphatic heterocycles. The summed E-state index contributed by atoms with van der Waals surface area (Å²) < 4.78 is 26.3. The van der Waals surface area contributed by atoms with E-state index in [0.29, 0.717) is 47.9 Å². The fourth-order valence-corrected chi connectivity index (χ4v) is 3.89. The summed E-state index contributed by atoms with van der Waals surface area (Å²) in [4.78, 5) is 14.9. The van der Waals surface area contributed by atoms with Crippen LogP contribution in [0.3, 0.4) is 0 Å². The molecule has 184 valence electrons. The quantitative estimate of drug-likeness (QED) is 0.410. The zero-order valence-electron chi connectivity index (χ0n) is 20.8. The van der Waals surface area contributed by atoms with E-state index in [0.717, 1.165) is 18.5 Å². The SMILES string of the molecule is COC(=O)C(C#N)(CCCN(C)CCc1ccc(OC)c(OC)c1)c1ccc(OC)c(OC)c1. The van der Waals surface area contributed by atoms with Crippen LogP contribution >= 0.6 is 0 Å². The number of nitriles is 1. The average molecular weight is 471 g/mol. The lowest BCUT2D eigenvalue weighted by molar-refractivity contribution is -0.145. The molecule has 0 spiro atoms. The van der Waals surface area contributed by atoms with E-state index in [1.54, 1.807) is 32.4 Å². The Bertz CT molecular complexity index is 1000. The van der Waals surface area contributed by atoms with Crippen LogP contribution in [0, 0.1) is 11.3 Å². The Kier molecular flexibility index (Phi) is 10.0. The second-order valence-electron chi connectivity index (χ2n) is 7.92. The first-order valence-corrected chi connectivity index (χ1v) is 11.0. The molecular weight excluding hydrogens is 436 g/mol. The van der Waals surface area contributed by atoms with Gasteiger partial charge in [-0.15, -0.1) is 0 Å². The molecule has 0 amide bonds. The van der Waals surface area contributed by atoms with Crippen LogP contribution < -0.4 is 18.9 Å². The Morgan fingerprint density at radius 3 is 2.03 bits per heavy atom. The molecule has 1 atom stereocenters. The maximum absolute atomic E-state index is 12.8. The lowest BCUT2D eigenvalue weighted by Crippen LogP contribution is -2.36. The fraction of sp³-hybridized carbons (Fsp3) is 0.462. The summed E-state index contributed by atoms with van der Waals surface area (Å²) in [6, 6.07) is 13.2. The second kappa shape index (κ2) is 12.7. The molecular formula is C26H34N2O6. The zero-order valence-corrected chi connectivity index (χ0v) is 20.8. The zero-order chi connectivity index (χ0) is 25.1. The molecule has 8 heteroatoms. The number of carbonyl (C=O) groups excluding carboxylic acids is 1. The third-order valence-electron chi connectivity index (χ3n) is 5.92. The van der Waals surface area contributed by atoms with E-state index < -0.39 is 11.4 Å². The lowest BCUT2D eigenvalue weighted by Gasteiger charge is -2.26. The average Bonchev–Trinajstić information content (AvgIpc) is 2.88. The maximum Gasteiger partial charge on any atom is 0.330 e. The minimum Gasteiger partial charge on any atom is -0.493 e. The van der Waals surface area contributed by atoms with Crippen molar-refractivity contribution in [3.63, 3.8) is 0 Å². The van der Waals surface area contributed by atoms with E-state index in [1.165, 1.54) is 21.3 Å². The van der Waals surface area contributed by atoms with E-state index in [4.69, 9.17) is 23.7 Å². The normalized spacial score (nSPS) is 12.4. The van der Waals surface area contributed by atoms with Gasteiger partial charge in [0.15, 0.2) is 28.4 Å². The third-order valence-corrected chi connectivity index (χ3v) is 5.92. The number of hydrogen-bond donors (Lipinski definition) is 0. The van der Waals surface area contributed by atoms with Crippen molar-refractivity contribution in [3.05, 3.63) is 47.5 Å². The first-order valence-electron chi connectivity index (χ1n) is 11.0. The highest BCUT2D eigenvalue weighted by Crippen LogP contribution is 2.36. The number of ether oxygens (including phenoxy) is 5. The molecule has 1 unspecified atom stereocenters. The van der Waals surface area contributed by atoms with Crippen LogP contribution in [-0.4, -0.2) is 66.6 Å². The van der Waals surface area contributed by atoms with Gasteiger partial charge < -0.3 is 28.6 Å². The molecule has 2 aromatic rings. The Morgan fingerprint density at radius 1 is 0.882 bits per heavy atom. The predicted molar refractivity (Wildman–Crippen MR) is 129 cm³/mol. The highest BCUT2D eigenvalue weighted by atomic mass is 16.5. The van der Waals surface area contributed by atoms with Crippen molar-refractivity contribution in [1.29, 1.82) is 5.26 Å². The van der Waals surface area contributed by atoms with Crippen molar-refractivity contribution in [2.45, 2.75) is 24.7 Å². The van der Waals surface area contributed by atoms with Crippen LogP contribution in [0.4, 0.5) is 0 Å². The fourth-order valence-electron chi connectivity index (χ4n) is 3.89. The van der Waals surface area contributed by atoms with Gasteiger partial charge in [0.05, 0.1) is 41.6 Å². The first kappa shape index (κ1) is 26.8. The van der Waals surface area contributed by atoms with Crippen LogP contribution in [0.25, 0.3) is 0 Å². The van der Waals surface area contributed by atoms with Gasteiger partial charge >= 0.3 is 5.97 Å². The standard InChI is InChI=1S/C26H34N2O6/c1-28(15-12-19-8-10-21(30-2)23(16-19)32-4)14-7-13-26(18-27,25(29)34-6)20-9-11-22(31-3)24(17-20)33-5/h8-11,16-17H,7,12-15H2,1-6H3. The Labute approximate surface area is 201 Å². The Morgan fingerprint density at radius 2 is 1.47 bits per heavy atom. The van der Waals surface area contributed by atoms with Crippen molar-refractivity contribution in [2.24, 2.45) is 0 Å². The molecule has 0 aliphatic rings. The molecule has 0 saturated heterocycles. The van der Waals surface area contributed by atoms with Crippen molar-refractivity contribution in [2.75, 3.05) is 55.7 Å². The molecule has 0 aromatic heterocycles. The van der Waals surface area contributed by atoms with Crippen LogP contribution in [0.15, 0.2) is 36.4 Å². The van der Waals surface area contributed by atoms with Gasteiger partial charge in [0.25, 0.3) is 0 Å². The van der Waals surface area contributed by atoms with E-state index >= 15 is 0 Å².